The summed E-state index contributed by atoms with van der Waals surface area (Å²) in [7, 11) is -4.06. The zero-order chi connectivity index (χ0) is 18.4. The molecule has 0 radical (unpaired) electrons. The number of halogens is 1. The number of hydrogen-bond donors (Lipinski definition) is 0. The minimum atomic E-state index is -4.06. The van der Waals surface area contributed by atoms with E-state index in [4.69, 9.17) is 25.2 Å². The molecule has 0 heterocycles. The molecular weight excluding hydrogens is 371 g/mol. The van der Waals surface area contributed by atoms with Crippen LogP contribution in [-0.2, 0) is 9.09 Å². The van der Waals surface area contributed by atoms with Gasteiger partial charge in [-0.3, -0.25) is 0 Å². The molecule has 3 aromatic carbocycles. The van der Waals surface area contributed by atoms with E-state index in [2.05, 4.69) is 6.58 Å². The van der Waals surface area contributed by atoms with Crippen molar-refractivity contribution in [3.05, 3.63) is 102 Å². The second-order valence-electron chi connectivity index (χ2n) is 5.25. The van der Waals surface area contributed by atoms with Gasteiger partial charge < -0.3 is 13.6 Å². The molecule has 0 unspecified atom stereocenters. The molecule has 4 nitrogen and oxygen atoms in total. The summed E-state index contributed by atoms with van der Waals surface area (Å²) in [5.74, 6) is 0.781. The van der Waals surface area contributed by atoms with Gasteiger partial charge in [-0.25, -0.2) is 0 Å². The first kappa shape index (κ1) is 18.1. The third-order valence-electron chi connectivity index (χ3n) is 3.32. The van der Waals surface area contributed by atoms with Gasteiger partial charge >= 0.3 is 7.82 Å². The second kappa shape index (κ2) is 8.13. The molecule has 0 bridgehead atoms. The van der Waals surface area contributed by atoms with Crippen LogP contribution in [0.5, 0.6) is 11.5 Å². The van der Waals surface area contributed by atoms with E-state index in [0.717, 1.165) is 0 Å². The molecule has 3 rings (SSSR count). The number of benzene rings is 3. The molecule has 0 spiro atoms. The van der Waals surface area contributed by atoms with Gasteiger partial charge in [0.05, 0.1) is 5.02 Å². The number of para-hydroxylation sites is 2. The average Bonchev–Trinajstić information content (AvgIpc) is 2.63. The van der Waals surface area contributed by atoms with Crippen LogP contribution in [0.15, 0.2) is 91.5 Å². The van der Waals surface area contributed by atoms with Crippen LogP contribution in [0.25, 0.3) is 5.76 Å². The van der Waals surface area contributed by atoms with E-state index in [1.807, 2.05) is 12.1 Å². The highest BCUT2D eigenvalue weighted by Crippen LogP contribution is 2.52. The van der Waals surface area contributed by atoms with Crippen LogP contribution in [0.1, 0.15) is 5.56 Å². The van der Waals surface area contributed by atoms with Crippen molar-refractivity contribution in [2.75, 3.05) is 0 Å². The summed E-state index contributed by atoms with van der Waals surface area (Å²) in [6.45, 7) is 3.82. The summed E-state index contributed by atoms with van der Waals surface area (Å²) in [5.41, 5.74) is 0.503. The zero-order valence-corrected chi connectivity index (χ0v) is 15.4. The van der Waals surface area contributed by atoms with Crippen LogP contribution >= 0.6 is 19.4 Å². The first-order valence-corrected chi connectivity index (χ1v) is 9.62. The summed E-state index contributed by atoms with van der Waals surface area (Å²) in [4.78, 5) is 0. The summed E-state index contributed by atoms with van der Waals surface area (Å²) in [5, 5.41) is 0.420. The minimum Gasteiger partial charge on any atom is -0.386 e. The Hall–Kier alpha value is -2.68. The summed E-state index contributed by atoms with van der Waals surface area (Å²) < 4.78 is 29.9. The van der Waals surface area contributed by atoms with Gasteiger partial charge in [0.1, 0.15) is 17.3 Å². The number of rotatable bonds is 7. The highest BCUT2D eigenvalue weighted by molar-refractivity contribution is 7.49. The van der Waals surface area contributed by atoms with Crippen molar-refractivity contribution in [2.24, 2.45) is 0 Å². The Kier molecular flexibility index (Phi) is 5.67. The van der Waals surface area contributed by atoms with Crippen LogP contribution in [0.4, 0.5) is 0 Å². The molecule has 0 aliphatic carbocycles. The lowest BCUT2D eigenvalue weighted by Crippen LogP contribution is -2.05. The molecule has 0 aromatic heterocycles. The lowest BCUT2D eigenvalue weighted by atomic mass is 10.2. The van der Waals surface area contributed by atoms with Gasteiger partial charge in [-0.05, 0) is 36.4 Å². The maximum atomic E-state index is 13.3. The number of hydrogen-bond acceptors (Lipinski definition) is 4. The Morgan fingerprint density at radius 3 is 1.73 bits per heavy atom. The van der Waals surface area contributed by atoms with E-state index < -0.39 is 7.82 Å². The topological polar surface area (TPSA) is 44.8 Å². The van der Waals surface area contributed by atoms with E-state index in [-0.39, 0.29) is 5.76 Å². The van der Waals surface area contributed by atoms with E-state index >= 15 is 0 Å². The monoisotopic (exact) mass is 386 g/mol. The predicted octanol–water partition coefficient (Wildman–Crippen LogP) is 6.59. The third-order valence-corrected chi connectivity index (χ3v) is 4.96. The van der Waals surface area contributed by atoms with Crippen molar-refractivity contribution in [2.45, 2.75) is 0 Å². The van der Waals surface area contributed by atoms with E-state index in [0.29, 0.717) is 22.1 Å². The third kappa shape index (κ3) is 4.69. The second-order valence-corrected chi connectivity index (χ2v) is 7.10. The maximum absolute atomic E-state index is 13.3. The number of phosphoric acid groups is 1. The molecule has 3 aromatic rings. The molecular formula is C20H16ClO4P. The molecule has 0 saturated heterocycles. The molecule has 132 valence electrons. The molecule has 0 fully saturated rings. The Bertz CT molecular complexity index is 883. The molecule has 26 heavy (non-hydrogen) atoms. The molecule has 0 saturated carbocycles. The number of phosphoric ester groups is 1. The Balaban J connectivity index is 1.88. The van der Waals surface area contributed by atoms with E-state index in [1.54, 1.807) is 72.8 Å². The first-order chi connectivity index (χ1) is 12.6. The molecule has 0 amide bonds. The van der Waals surface area contributed by atoms with Crippen molar-refractivity contribution < 1.29 is 18.1 Å². The Morgan fingerprint density at radius 2 is 1.23 bits per heavy atom. The lowest BCUT2D eigenvalue weighted by molar-refractivity contribution is 0.285. The summed E-state index contributed by atoms with van der Waals surface area (Å²) >= 11 is 6.16. The van der Waals surface area contributed by atoms with Crippen LogP contribution in [-0.4, -0.2) is 0 Å². The zero-order valence-electron chi connectivity index (χ0n) is 13.7. The normalized spacial score (nSPS) is 10.8. The van der Waals surface area contributed by atoms with E-state index in [9.17, 15) is 4.57 Å². The summed E-state index contributed by atoms with van der Waals surface area (Å²) in [6.07, 6.45) is 0. The first-order valence-electron chi connectivity index (χ1n) is 7.78. The van der Waals surface area contributed by atoms with Gasteiger partial charge in [0.2, 0.25) is 0 Å². The van der Waals surface area contributed by atoms with Gasteiger partial charge in [0.25, 0.3) is 0 Å². The SMILES string of the molecule is C=C(OP(=O)(Oc1ccccc1)Oc1ccccc1)c1ccccc1Cl. The van der Waals surface area contributed by atoms with Gasteiger partial charge in [-0.2, -0.15) is 4.57 Å². The molecule has 6 heteroatoms. The molecule has 0 aliphatic rings. The highest BCUT2D eigenvalue weighted by atomic mass is 35.5. The van der Waals surface area contributed by atoms with Crippen molar-refractivity contribution in [1.29, 1.82) is 0 Å². The van der Waals surface area contributed by atoms with Crippen molar-refractivity contribution >= 4 is 25.2 Å². The van der Waals surface area contributed by atoms with Gasteiger partial charge in [0, 0.05) is 5.56 Å². The van der Waals surface area contributed by atoms with Crippen LogP contribution in [0.2, 0.25) is 5.02 Å². The fourth-order valence-electron chi connectivity index (χ4n) is 2.15. The lowest BCUT2D eigenvalue weighted by Gasteiger charge is -2.20. The smallest absolute Gasteiger partial charge is 0.386 e. The molecule has 0 N–H and O–H groups in total. The van der Waals surface area contributed by atoms with Crippen molar-refractivity contribution in [1.82, 2.24) is 0 Å². The van der Waals surface area contributed by atoms with Gasteiger partial charge in [-0.1, -0.05) is 66.7 Å². The fraction of sp³-hybridized carbons (Fsp3) is 0. The van der Waals surface area contributed by atoms with Crippen molar-refractivity contribution in [3.8, 4) is 11.5 Å². The fourth-order valence-corrected chi connectivity index (χ4v) is 3.63. The van der Waals surface area contributed by atoms with Crippen LogP contribution < -0.4 is 9.05 Å². The minimum absolute atomic E-state index is 0.0887. The van der Waals surface area contributed by atoms with E-state index in [1.165, 1.54) is 0 Å². The molecule has 0 aliphatic heterocycles. The average molecular weight is 387 g/mol. The largest absolute Gasteiger partial charge is 0.647 e. The highest BCUT2D eigenvalue weighted by Gasteiger charge is 2.34. The molecule has 0 atom stereocenters. The quantitative estimate of drug-likeness (QED) is 0.339. The van der Waals surface area contributed by atoms with Crippen LogP contribution in [0, 0.1) is 0 Å². The van der Waals surface area contributed by atoms with Crippen molar-refractivity contribution in [3.63, 3.8) is 0 Å². The summed E-state index contributed by atoms with van der Waals surface area (Å²) in [6, 6.07) is 24.2. The Labute approximate surface area is 157 Å². The maximum Gasteiger partial charge on any atom is 0.647 e. The standard InChI is InChI=1S/C20H16ClO4P/c1-16(19-14-8-9-15-20(19)21)23-26(22,24-17-10-4-2-5-11-17)25-18-12-6-3-7-13-18/h2-15H,1H2. The van der Waals surface area contributed by atoms with Crippen LogP contribution in [0.3, 0.4) is 0 Å². The van der Waals surface area contributed by atoms with Gasteiger partial charge in [0.15, 0.2) is 0 Å². The predicted molar refractivity (Wildman–Crippen MR) is 103 cm³/mol. The Morgan fingerprint density at radius 1 is 0.769 bits per heavy atom. The van der Waals surface area contributed by atoms with Gasteiger partial charge in [-0.15, -0.1) is 0 Å².